The summed E-state index contributed by atoms with van der Waals surface area (Å²) >= 11 is 0. The minimum absolute atomic E-state index is 0.0834. The van der Waals surface area contributed by atoms with E-state index in [9.17, 15) is 4.79 Å². The summed E-state index contributed by atoms with van der Waals surface area (Å²) in [4.78, 5) is 18.1. The lowest BCUT2D eigenvalue weighted by molar-refractivity contribution is -0.135. The Hall–Kier alpha value is -1.43. The lowest BCUT2D eigenvalue weighted by Crippen LogP contribution is -2.35. The van der Waals surface area contributed by atoms with Crippen LogP contribution in [0.4, 0.5) is 0 Å². The molecule has 1 aromatic rings. The topological polar surface area (TPSA) is 73.9 Å². The molecule has 2 N–H and O–H groups in total. The molecule has 0 bridgehead atoms. The molecule has 2 unspecified atom stereocenters. The second-order valence-corrected chi connectivity index (χ2v) is 4.77. The quantitative estimate of drug-likeness (QED) is 0.771. The van der Waals surface area contributed by atoms with Crippen molar-refractivity contribution in [3.8, 4) is 0 Å². The van der Waals surface area contributed by atoms with E-state index in [-0.39, 0.29) is 11.8 Å². The van der Waals surface area contributed by atoms with E-state index in [2.05, 4.69) is 27.4 Å². The van der Waals surface area contributed by atoms with Crippen LogP contribution in [0.25, 0.3) is 0 Å². The lowest BCUT2D eigenvalue weighted by Gasteiger charge is -2.21. The van der Waals surface area contributed by atoms with Gasteiger partial charge in [0.1, 0.15) is 5.82 Å². The van der Waals surface area contributed by atoms with E-state index in [1.165, 1.54) is 0 Å². The third kappa shape index (κ3) is 2.63. The molecule has 6 heteroatoms. The van der Waals surface area contributed by atoms with E-state index in [1.807, 2.05) is 6.92 Å². The summed E-state index contributed by atoms with van der Waals surface area (Å²) in [6.07, 6.45) is 0. The number of amides is 1. The van der Waals surface area contributed by atoms with E-state index in [0.717, 1.165) is 18.9 Å². The molecule has 1 fully saturated rings. The van der Waals surface area contributed by atoms with E-state index in [0.29, 0.717) is 18.3 Å². The van der Waals surface area contributed by atoms with Crippen LogP contribution in [0.5, 0.6) is 0 Å². The van der Waals surface area contributed by atoms with Crippen LogP contribution < -0.4 is 5.32 Å². The Balaban J connectivity index is 1.95. The molecule has 0 radical (unpaired) electrons. The summed E-state index contributed by atoms with van der Waals surface area (Å²) in [7, 11) is 1.80. The fraction of sp³-hybridized carbons (Fsp3) is 0.727. The normalized spacial score (nSPS) is 23.9. The van der Waals surface area contributed by atoms with Gasteiger partial charge in [0.2, 0.25) is 5.91 Å². The largest absolute Gasteiger partial charge is 0.338 e. The third-order valence-electron chi connectivity index (χ3n) is 3.23. The highest BCUT2D eigenvalue weighted by Crippen LogP contribution is 2.18. The van der Waals surface area contributed by atoms with Gasteiger partial charge in [0.15, 0.2) is 5.82 Å². The number of hydrogen-bond acceptors (Lipinski definition) is 4. The van der Waals surface area contributed by atoms with Crippen LogP contribution in [0.2, 0.25) is 0 Å². The third-order valence-corrected chi connectivity index (χ3v) is 3.23. The first kappa shape index (κ1) is 12.0. The Labute approximate surface area is 101 Å². The molecule has 2 atom stereocenters. The van der Waals surface area contributed by atoms with Crippen molar-refractivity contribution in [3.05, 3.63) is 11.6 Å². The number of H-pyrrole nitrogens is 1. The standard InChI is InChI=1S/C11H19N5O/c1-7-4-12-5-9(7)11(17)16(3)6-10-13-8(2)14-15-10/h7,9,12H,4-6H2,1-3H3,(H,13,14,15). The fourth-order valence-electron chi connectivity index (χ4n) is 2.17. The number of aromatic amines is 1. The van der Waals surface area contributed by atoms with Crippen LogP contribution in [-0.4, -0.2) is 46.1 Å². The number of rotatable bonds is 3. The first-order valence-corrected chi connectivity index (χ1v) is 5.91. The maximum atomic E-state index is 12.2. The summed E-state index contributed by atoms with van der Waals surface area (Å²) in [6.45, 7) is 6.11. The molecule has 94 valence electrons. The zero-order valence-electron chi connectivity index (χ0n) is 10.5. The van der Waals surface area contributed by atoms with E-state index >= 15 is 0 Å². The molecule has 1 amide bonds. The number of nitrogens with zero attached hydrogens (tertiary/aromatic N) is 3. The van der Waals surface area contributed by atoms with Gasteiger partial charge in [0.05, 0.1) is 12.5 Å². The molecule has 1 aliphatic heterocycles. The fourth-order valence-corrected chi connectivity index (χ4v) is 2.17. The molecule has 0 spiro atoms. The van der Waals surface area contributed by atoms with E-state index < -0.39 is 0 Å². The average molecular weight is 237 g/mol. The number of aromatic nitrogens is 3. The van der Waals surface area contributed by atoms with E-state index in [4.69, 9.17) is 0 Å². The van der Waals surface area contributed by atoms with Gasteiger partial charge in [-0.05, 0) is 19.4 Å². The van der Waals surface area contributed by atoms with Crippen molar-refractivity contribution < 1.29 is 4.79 Å². The summed E-state index contributed by atoms with van der Waals surface area (Å²) in [6, 6.07) is 0. The van der Waals surface area contributed by atoms with Crippen molar-refractivity contribution in [1.29, 1.82) is 0 Å². The van der Waals surface area contributed by atoms with Gasteiger partial charge < -0.3 is 10.2 Å². The average Bonchev–Trinajstić information content (AvgIpc) is 2.86. The zero-order valence-corrected chi connectivity index (χ0v) is 10.5. The van der Waals surface area contributed by atoms with Gasteiger partial charge in [-0.25, -0.2) is 4.98 Å². The monoisotopic (exact) mass is 237 g/mol. The minimum Gasteiger partial charge on any atom is -0.338 e. The van der Waals surface area contributed by atoms with Crippen molar-refractivity contribution in [2.24, 2.45) is 11.8 Å². The van der Waals surface area contributed by atoms with Crippen LogP contribution in [0, 0.1) is 18.8 Å². The second-order valence-electron chi connectivity index (χ2n) is 4.77. The Morgan fingerprint density at radius 2 is 2.29 bits per heavy atom. The van der Waals surface area contributed by atoms with Crippen molar-refractivity contribution in [3.63, 3.8) is 0 Å². The number of hydrogen-bond donors (Lipinski definition) is 2. The molecular weight excluding hydrogens is 218 g/mol. The van der Waals surface area contributed by atoms with Crippen LogP contribution >= 0.6 is 0 Å². The first-order valence-electron chi connectivity index (χ1n) is 5.91. The maximum Gasteiger partial charge on any atom is 0.227 e. The van der Waals surface area contributed by atoms with Gasteiger partial charge in [0, 0.05) is 13.6 Å². The molecule has 6 nitrogen and oxygen atoms in total. The number of carbonyl (C=O) groups excluding carboxylic acids is 1. The molecule has 1 aromatic heterocycles. The molecular formula is C11H19N5O. The summed E-state index contributed by atoms with van der Waals surface area (Å²) < 4.78 is 0. The highest BCUT2D eigenvalue weighted by molar-refractivity contribution is 5.79. The minimum atomic E-state index is 0.0834. The summed E-state index contributed by atoms with van der Waals surface area (Å²) in [5.41, 5.74) is 0. The molecule has 0 aromatic carbocycles. The van der Waals surface area contributed by atoms with Gasteiger partial charge in [0.25, 0.3) is 0 Å². The predicted octanol–water partition coefficient (Wildman–Crippen LogP) is -0.0730. The van der Waals surface area contributed by atoms with Crippen LogP contribution in [-0.2, 0) is 11.3 Å². The Morgan fingerprint density at radius 3 is 2.82 bits per heavy atom. The Kier molecular flexibility index (Phi) is 3.42. The summed E-state index contributed by atoms with van der Waals surface area (Å²) in [5, 5.41) is 10.1. The van der Waals surface area contributed by atoms with Crippen molar-refractivity contribution in [2.75, 3.05) is 20.1 Å². The van der Waals surface area contributed by atoms with Gasteiger partial charge in [-0.2, -0.15) is 5.10 Å². The molecule has 0 saturated carbocycles. The number of carbonyl (C=O) groups is 1. The first-order chi connectivity index (χ1) is 8.08. The van der Waals surface area contributed by atoms with Crippen molar-refractivity contribution in [1.82, 2.24) is 25.4 Å². The Bertz CT molecular complexity index is 402. The smallest absolute Gasteiger partial charge is 0.227 e. The van der Waals surface area contributed by atoms with Gasteiger partial charge in [-0.1, -0.05) is 6.92 Å². The van der Waals surface area contributed by atoms with Crippen LogP contribution in [0.15, 0.2) is 0 Å². The molecule has 2 rings (SSSR count). The molecule has 2 heterocycles. The highest BCUT2D eigenvalue weighted by Gasteiger charge is 2.31. The maximum absolute atomic E-state index is 12.2. The van der Waals surface area contributed by atoms with Crippen molar-refractivity contribution in [2.45, 2.75) is 20.4 Å². The molecule has 1 saturated heterocycles. The van der Waals surface area contributed by atoms with Crippen molar-refractivity contribution >= 4 is 5.91 Å². The zero-order chi connectivity index (χ0) is 12.4. The summed E-state index contributed by atoms with van der Waals surface area (Å²) in [5.74, 6) is 2.09. The second kappa shape index (κ2) is 4.83. The Morgan fingerprint density at radius 1 is 1.53 bits per heavy atom. The van der Waals surface area contributed by atoms with E-state index in [1.54, 1.807) is 11.9 Å². The molecule has 17 heavy (non-hydrogen) atoms. The van der Waals surface area contributed by atoms with Gasteiger partial charge in [-0.15, -0.1) is 0 Å². The van der Waals surface area contributed by atoms with Crippen LogP contribution in [0.3, 0.4) is 0 Å². The lowest BCUT2D eigenvalue weighted by atomic mass is 9.97. The number of nitrogens with one attached hydrogen (secondary N) is 2. The van der Waals surface area contributed by atoms with Crippen LogP contribution in [0.1, 0.15) is 18.6 Å². The SMILES string of the molecule is Cc1nc(CN(C)C(=O)C2CNCC2C)n[nH]1. The highest BCUT2D eigenvalue weighted by atomic mass is 16.2. The molecule has 1 aliphatic rings. The number of aryl methyl sites for hydroxylation is 1. The predicted molar refractivity (Wildman–Crippen MR) is 63.1 cm³/mol. The molecule has 0 aliphatic carbocycles. The van der Waals surface area contributed by atoms with Gasteiger partial charge in [-0.3, -0.25) is 9.89 Å². The van der Waals surface area contributed by atoms with Gasteiger partial charge >= 0.3 is 0 Å².